The number of benzene rings is 12. The zero-order valence-electron chi connectivity index (χ0n) is 36.8. The second-order valence-corrected chi connectivity index (χ2v) is 17.7. The maximum atomic E-state index is 2.53. The van der Waals surface area contributed by atoms with Crippen LogP contribution in [-0.4, -0.2) is 0 Å². The van der Waals surface area contributed by atoms with Gasteiger partial charge in [0.15, 0.2) is 0 Å². The van der Waals surface area contributed by atoms with Gasteiger partial charge in [-0.05, 0) is 144 Å². The van der Waals surface area contributed by atoms with E-state index in [9.17, 15) is 0 Å². The Balaban J connectivity index is 1.15. The van der Waals surface area contributed by atoms with Crippen molar-refractivity contribution >= 4 is 77.2 Å². The molecule has 1 aliphatic carbocycles. The summed E-state index contributed by atoms with van der Waals surface area (Å²) in [5.74, 6) is 0. The van der Waals surface area contributed by atoms with Gasteiger partial charge in [-0.1, -0.05) is 194 Å². The first kappa shape index (κ1) is 38.7. The Morgan fingerprint density at radius 3 is 1.31 bits per heavy atom. The molecule has 0 fully saturated rings. The lowest BCUT2D eigenvalue weighted by atomic mass is 9.67. The van der Waals surface area contributed by atoms with Crippen LogP contribution in [-0.2, 0) is 5.41 Å². The third-order valence-corrected chi connectivity index (χ3v) is 14.0. The fraction of sp³-hybridized carbons (Fsp3) is 0.0154. The van der Waals surface area contributed by atoms with E-state index >= 15 is 0 Å². The number of nitrogens with zero attached hydrogens (tertiary/aromatic N) is 2. The minimum Gasteiger partial charge on any atom is -0.310 e. The maximum absolute atomic E-state index is 2.53. The lowest BCUT2D eigenvalue weighted by Crippen LogP contribution is -2.29. The van der Waals surface area contributed by atoms with Crippen LogP contribution in [0.1, 0.15) is 22.3 Å². The summed E-state index contributed by atoms with van der Waals surface area (Å²) in [4.78, 5) is 4.89. The third kappa shape index (κ3) is 6.26. The molecular formula is C65H44N2. The predicted octanol–water partition coefficient (Wildman–Crippen LogP) is 17.6. The number of hydrogen-bond acceptors (Lipinski definition) is 2. The first-order valence-corrected chi connectivity index (χ1v) is 23.2. The molecule has 2 nitrogen and oxygen atoms in total. The summed E-state index contributed by atoms with van der Waals surface area (Å²) in [5, 5.41) is 9.70. The summed E-state index contributed by atoms with van der Waals surface area (Å²) >= 11 is 0. The minimum atomic E-state index is -0.720. The lowest BCUT2D eigenvalue weighted by molar-refractivity contribution is 0.770. The lowest BCUT2D eigenvalue weighted by Gasteiger charge is -2.36. The van der Waals surface area contributed by atoms with E-state index in [1.807, 2.05) is 0 Å². The van der Waals surface area contributed by atoms with Crippen LogP contribution < -0.4 is 9.80 Å². The number of para-hydroxylation sites is 2. The van der Waals surface area contributed by atoms with E-state index in [2.05, 4.69) is 277 Å². The van der Waals surface area contributed by atoms with Gasteiger partial charge in [0.25, 0.3) is 0 Å². The van der Waals surface area contributed by atoms with E-state index in [0.29, 0.717) is 0 Å². The van der Waals surface area contributed by atoms with Gasteiger partial charge in [0.05, 0.1) is 11.1 Å². The molecular weight excluding hydrogens is 809 g/mol. The molecule has 0 radical (unpaired) electrons. The van der Waals surface area contributed by atoms with Crippen molar-refractivity contribution in [1.29, 1.82) is 0 Å². The highest BCUT2D eigenvalue weighted by molar-refractivity contribution is 6.12. The second-order valence-electron chi connectivity index (χ2n) is 17.7. The van der Waals surface area contributed by atoms with Crippen molar-refractivity contribution in [2.24, 2.45) is 0 Å². The molecule has 0 aromatic heterocycles. The third-order valence-electron chi connectivity index (χ3n) is 14.0. The topological polar surface area (TPSA) is 6.48 Å². The molecule has 0 N–H and O–H groups in total. The maximum Gasteiger partial charge on any atom is 0.0715 e. The Bertz CT molecular complexity index is 3820. The van der Waals surface area contributed by atoms with Crippen LogP contribution in [0.25, 0.3) is 54.2 Å². The van der Waals surface area contributed by atoms with Crippen LogP contribution in [0.5, 0.6) is 0 Å². The molecule has 0 saturated heterocycles. The van der Waals surface area contributed by atoms with E-state index in [0.717, 1.165) is 34.1 Å². The Labute approximate surface area is 390 Å². The van der Waals surface area contributed by atoms with E-state index < -0.39 is 5.41 Å². The highest BCUT2D eigenvalue weighted by Crippen LogP contribution is 2.61. The van der Waals surface area contributed by atoms with E-state index in [4.69, 9.17) is 0 Å². The second kappa shape index (κ2) is 15.8. The van der Waals surface area contributed by atoms with E-state index in [1.54, 1.807) is 0 Å². The number of hydrogen-bond donors (Lipinski definition) is 0. The zero-order chi connectivity index (χ0) is 44.3. The monoisotopic (exact) mass is 852 g/mol. The standard InChI is InChI=1S/C65H44N2/c1-4-24-51(25-5-1)65(52-35-32-45-18-10-13-21-48(45)40-52)61-43-57(66(53-26-6-2-7-27-53)55-36-33-46-19-11-14-22-49(46)41-55)38-39-60(61)64-59-31-17-16-30-58(59)63(44-62(64)65)67(54-28-8-3-9-29-54)56-37-34-47-20-12-15-23-50(47)42-56/h1-44H. The molecule has 13 rings (SSSR count). The van der Waals surface area contributed by atoms with Gasteiger partial charge in [-0.25, -0.2) is 0 Å². The van der Waals surface area contributed by atoms with Gasteiger partial charge in [0, 0.05) is 33.8 Å². The summed E-state index contributed by atoms with van der Waals surface area (Å²) in [7, 11) is 0. The van der Waals surface area contributed by atoms with Crippen LogP contribution in [0.2, 0.25) is 0 Å². The SMILES string of the molecule is c1ccc(N(c2ccc3c(c2)C(c2ccccc2)(c2ccc4ccccc4c2)c2cc(N(c4ccccc4)c4ccc5ccccc5c4)c4ccccc4c2-3)c2ccc3ccccc3c2)cc1. The number of anilines is 6. The average Bonchev–Trinajstić information content (AvgIpc) is 3.70. The van der Waals surface area contributed by atoms with Crippen LogP contribution in [0.3, 0.4) is 0 Å². The summed E-state index contributed by atoms with van der Waals surface area (Å²) in [6, 6.07) is 98.6. The molecule has 2 heteroatoms. The van der Waals surface area contributed by atoms with Crippen LogP contribution in [0.4, 0.5) is 34.1 Å². The van der Waals surface area contributed by atoms with Gasteiger partial charge in [0.2, 0.25) is 0 Å². The van der Waals surface area contributed by atoms with E-state index in [-0.39, 0.29) is 0 Å². The molecule has 0 aliphatic heterocycles. The fourth-order valence-corrected chi connectivity index (χ4v) is 11.0. The summed E-state index contributed by atoms with van der Waals surface area (Å²) in [6.45, 7) is 0. The van der Waals surface area contributed by atoms with Crippen molar-refractivity contribution in [1.82, 2.24) is 0 Å². The van der Waals surface area contributed by atoms with Crippen molar-refractivity contribution in [3.05, 3.63) is 289 Å². The molecule has 12 aromatic carbocycles. The molecule has 1 aliphatic rings. The molecule has 12 aromatic rings. The van der Waals surface area contributed by atoms with Gasteiger partial charge >= 0.3 is 0 Å². The van der Waals surface area contributed by atoms with Crippen molar-refractivity contribution in [2.45, 2.75) is 5.41 Å². The minimum absolute atomic E-state index is 0.720. The van der Waals surface area contributed by atoms with Crippen molar-refractivity contribution < 1.29 is 0 Å². The number of fused-ring (bicyclic) bond motifs is 8. The Kier molecular flexibility index (Phi) is 9.11. The smallest absolute Gasteiger partial charge is 0.0715 e. The molecule has 0 heterocycles. The van der Waals surface area contributed by atoms with Gasteiger partial charge in [0.1, 0.15) is 0 Å². The molecule has 67 heavy (non-hydrogen) atoms. The molecule has 0 saturated carbocycles. The van der Waals surface area contributed by atoms with Crippen molar-refractivity contribution in [3.63, 3.8) is 0 Å². The molecule has 0 amide bonds. The molecule has 1 unspecified atom stereocenters. The van der Waals surface area contributed by atoms with Crippen LogP contribution in [0, 0.1) is 0 Å². The first-order chi connectivity index (χ1) is 33.2. The quantitative estimate of drug-likeness (QED) is 0.150. The predicted molar refractivity (Wildman–Crippen MR) is 283 cm³/mol. The summed E-state index contributed by atoms with van der Waals surface area (Å²) in [5.41, 5.74) is 13.4. The van der Waals surface area contributed by atoms with Crippen molar-refractivity contribution in [3.8, 4) is 11.1 Å². The molecule has 314 valence electrons. The molecule has 0 spiro atoms. The van der Waals surface area contributed by atoms with Gasteiger partial charge in [-0.3, -0.25) is 0 Å². The summed E-state index contributed by atoms with van der Waals surface area (Å²) < 4.78 is 0. The number of rotatable bonds is 8. The van der Waals surface area contributed by atoms with E-state index in [1.165, 1.54) is 76.5 Å². The van der Waals surface area contributed by atoms with Crippen molar-refractivity contribution in [2.75, 3.05) is 9.80 Å². The highest BCUT2D eigenvalue weighted by atomic mass is 15.1. The fourth-order valence-electron chi connectivity index (χ4n) is 11.0. The normalized spacial score (nSPS) is 14.0. The largest absolute Gasteiger partial charge is 0.310 e. The molecule has 0 bridgehead atoms. The zero-order valence-corrected chi connectivity index (χ0v) is 36.8. The van der Waals surface area contributed by atoms with Gasteiger partial charge in [-0.15, -0.1) is 0 Å². The Morgan fingerprint density at radius 1 is 0.254 bits per heavy atom. The Morgan fingerprint density at radius 2 is 0.701 bits per heavy atom. The first-order valence-electron chi connectivity index (χ1n) is 23.2. The average molecular weight is 853 g/mol. The van der Waals surface area contributed by atoms with Crippen LogP contribution >= 0.6 is 0 Å². The Hall–Kier alpha value is -8.72. The van der Waals surface area contributed by atoms with Gasteiger partial charge < -0.3 is 9.80 Å². The van der Waals surface area contributed by atoms with Crippen LogP contribution in [0.15, 0.2) is 267 Å². The summed E-state index contributed by atoms with van der Waals surface area (Å²) in [6.07, 6.45) is 0. The van der Waals surface area contributed by atoms with Gasteiger partial charge in [-0.2, -0.15) is 0 Å². The highest BCUT2D eigenvalue weighted by Gasteiger charge is 2.48. The molecule has 1 atom stereocenters.